The Bertz CT molecular complexity index is 719. The van der Waals surface area contributed by atoms with Crippen molar-refractivity contribution in [3.63, 3.8) is 0 Å². The zero-order valence-electron chi connectivity index (χ0n) is 15.9. The van der Waals surface area contributed by atoms with Gasteiger partial charge in [0.25, 0.3) is 0 Å². The summed E-state index contributed by atoms with van der Waals surface area (Å²) in [6, 6.07) is 6.09. The fraction of sp³-hybridized carbons (Fsp3) is 0.500. The summed E-state index contributed by atoms with van der Waals surface area (Å²) in [7, 11) is -0.708. The minimum atomic E-state index is -4.35. The molecule has 0 atom stereocenters. The van der Waals surface area contributed by atoms with E-state index in [1.165, 1.54) is 19.1 Å². The van der Waals surface area contributed by atoms with E-state index < -0.39 is 23.8 Å². The molecule has 0 unspecified atom stereocenters. The van der Waals surface area contributed by atoms with Crippen molar-refractivity contribution in [1.82, 2.24) is 5.32 Å². The fourth-order valence-electron chi connectivity index (χ4n) is 2.44. The monoisotopic (exact) mass is 401 g/mol. The number of alkyl halides is 3. The number of carbonyl (C=O) groups excluding carboxylic acids is 1. The van der Waals surface area contributed by atoms with Crippen LogP contribution >= 0.6 is 11.8 Å². The number of rotatable bonds is 5. The van der Waals surface area contributed by atoms with E-state index in [2.05, 4.69) is 5.32 Å². The number of amides is 1. The molecule has 9 heteroatoms. The van der Waals surface area contributed by atoms with Crippen molar-refractivity contribution in [1.29, 1.82) is 0 Å². The van der Waals surface area contributed by atoms with Crippen LogP contribution in [0, 0.1) is 0 Å². The molecule has 2 rings (SSSR count). The van der Waals surface area contributed by atoms with Crippen LogP contribution in [-0.2, 0) is 14.1 Å². The zero-order valence-corrected chi connectivity index (χ0v) is 16.8. The van der Waals surface area contributed by atoms with Gasteiger partial charge in [0.2, 0.25) is 5.91 Å². The summed E-state index contributed by atoms with van der Waals surface area (Å²) in [5.74, 6) is -0.223. The molecule has 1 saturated heterocycles. The number of carbonyl (C=O) groups is 1. The molecule has 1 heterocycles. The Labute approximate surface area is 162 Å². The van der Waals surface area contributed by atoms with Crippen LogP contribution in [0.3, 0.4) is 0 Å². The van der Waals surface area contributed by atoms with Crippen LogP contribution in [0.25, 0.3) is 6.08 Å². The average molecular weight is 401 g/mol. The van der Waals surface area contributed by atoms with Crippen molar-refractivity contribution >= 4 is 30.9 Å². The fourth-order valence-corrected chi connectivity index (χ4v) is 3.05. The molecule has 4 nitrogen and oxygen atoms in total. The predicted octanol–water partition coefficient (Wildman–Crippen LogP) is 4.45. The molecule has 1 N–H and O–H groups in total. The van der Waals surface area contributed by atoms with E-state index in [1.54, 1.807) is 18.2 Å². The van der Waals surface area contributed by atoms with E-state index in [4.69, 9.17) is 9.31 Å². The Kier molecular flexibility index (Phi) is 6.38. The van der Waals surface area contributed by atoms with Crippen molar-refractivity contribution in [2.45, 2.75) is 56.2 Å². The lowest BCUT2D eigenvalue weighted by Crippen LogP contribution is -2.41. The molecule has 0 aliphatic carbocycles. The lowest BCUT2D eigenvalue weighted by molar-refractivity contribution is -0.118. The van der Waals surface area contributed by atoms with Crippen molar-refractivity contribution in [3.8, 4) is 0 Å². The maximum absolute atomic E-state index is 12.6. The molecule has 0 spiro atoms. The smallest absolute Gasteiger partial charge is 0.400 e. The Hall–Kier alpha value is -1.45. The van der Waals surface area contributed by atoms with Gasteiger partial charge < -0.3 is 14.6 Å². The van der Waals surface area contributed by atoms with Gasteiger partial charge >= 0.3 is 12.6 Å². The van der Waals surface area contributed by atoms with E-state index >= 15 is 0 Å². The molecule has 1 aromatic rings. The standard InChI is InChI=1S/C18H23BF3NO3S/c1-12(24)23-11-14(19-25-16(2,3)17(4,5)26-19)9-13-7-6-8-15(10-13)27-18(20,21)22/h6-10H,11H2,1-5H3,(H,23,24). The van der Waals surface area contributed by atoms with E-state index in [0.717, 1.165) is 0 Å². The van der Waals surface area contributed by atoms with Crippen molar-refractivity contribution < 1.29 is 27.3 Å². The summed E-state index contributed by atoms with van der Waals surface area (Å²) in [5.41, 5.74) is -4.30. The highest BCUT2D eigenvalue weighted by molar-refractivity contribution is 8.00. The first-order valence-corrected chi connectivity index (χ1v) is 9.27. The first-order chi connectivity index (χ1) is 12.3. The topological polar surface area (TPSA) is 47.6 Å². The summed E-state index contributed by atoms with van der Waals surface area (Å²) in [6.07, 6.45) is 1.69. The van der Waals surface area contributed by atoms with Crippen LogP contribution < -0.4 is 5.32 Å². The van der Waals surface area contributed by atoms with E-state index in [0.29, 0.717) is 11.0 Å². The summed E-state index contributed by atoms with van der Waals surface area (Å²) >= 11 is -0.169. The zero-order chi connectivity index (χ0) is 20.5. The summed E-state index contributed by atoms with van der Waals surface area (Å²) in [5, 5.41) is 2.70. The van der Waals surface area contributed by atoms with Crippen molar-refractivity contribution in [2.24, 2.45) is 0 Å². The third kappa shape index (κ3) is 6.02. The van der Waals surface area contributed by atoms with Crippen molar-refractivity contribution in [3.05, 3.63) is 35.3 Å². The molecule has 0 saturated carbocycles. The maximum atomic E-state index is 12.6. The average Bonchev–Trinajstić information content (AvgIpc) is 2.70. The van der Waals surface area contributed by atoms with Gasteiger partial charge in [-0.05, 0) is 62.6 Å². The highest BCUT2D eigenvalue weighted by Gasteiger charge is 2.52. The molecular formula is C18H23BF3NO3S. The molecule has 1 aliphatic rings. The Morgan fingerprint density at radius 1 is 1.22 bits per heavy atom. The molecule has 27 heavy (non-hydrogen) atoms. The third-order valence-corrected chi connectivity index (χ3v) is 5.26. The number of hydrogen-bond acceptors (Lipinski definition) is 4. The first-order valence-electron chi connectivity index (χ1n) is 8.45. The highest BCUT2D eigenvalue weighted by atomic mass is 32.2. The van der Waals surface area contributed by atoms with Crippen LogP contribution in [0.4, 0.5) is 13.2 Å². The largest absolute Gasteiger partial charge is 0.492 e. The predicted molar refractivity (Wildman–Crippen MR) is 101 cm³/mol. The summed E-state index contributed by atoms with van der Waals surface area (Å²) < 4.78 is 49.9. The summed E-state index contributed by atoms with van der Waals surface area (Å²) in [6.45, 7) is 9.19. The van der Waals surface area contributed by atoms with E-state index in [1.807, 2.05) is 27.7 Å². The molecule has 0 radical (unpaired) electrons. The maximum Gasteiger partial charge on any atom is 0.492 e. The number of benzene rings is 1. The van der Waals surface area contributed by atoms with Gasteiger partial charge in [-0.3, -0.25) is 4.79 Å². The Balaban J connectivity index is 2.32. The Morgan fingerprint density at radius 2 is 1.81 bits per heavy atom. The second kappa shape index (κ2) is 7.89. The molecule has 1 aliphatic heterocycles. The van der Waals surface area contributed by atoms with Gasteiger partial charge in [0.15, 0.2) is 0 Å². The van der Waals surface area contributed by atoms with Gasteiger partial charge in [0, 0.05) is 18.4 Å². The van der Waals surface area contributed by atoms with Crippen molar-refractivity contribution in [2.75, 3.05) is 6.54 Å². The normalized spacial score (nSPS) is 19.3. The molecule has 1 amide bonds. The summed E-state index contributed by atoms with van der Waals surface area (Å²) in [4.78, 5) is 11.4. The van der Waals surface area contributed by atoms with E-state index in [9.17, 15) is 18.0 Å². The van der Waals surface area contributed by atoms with Gasteiger partial charge in [-0.2, -0.15) is 13.2 Å². The molecule has 0 aromatic heterocycles. The second-order valence-electron chi connectivity index (χ2n) is 7.34. The minimum absolute atomic E-state index is 0.0871. The molecule has 1 aromatic carbocycles. The van der Waals surface area contributed by atoms with Crippen LogP contribution in [0.15, 0.2) is 34.6 Å². The van der Waals surface area contributed by atoms with Crippen LogP contribution in [0.2, 0.25) is 0 Å². The van der Waals surface area contributed by atoms with Crippen LogP contribution in [0.1, 0.15) is 40.2 Å². The third-order valence-electron chi connectivity index (χ3n) is 4.54. The van der Waals surface area contributed by atoms with E-state index in [-0.39, 0.29) is 29.1 Å². The lowest BCUT2D eigenvalue weighted by Gasteiger charge is -2.32. The number of thioether (sulfide) groups is 1. The second-order valence-corrected chi connectivity index (χ2v) is 8.48. The number of halogens is 3. The van der Waals surface area contributed by atoms with Crippen LogP contribution in [-0.4, -0.2) is 36.3 Å². The van der Waals surface area contributed by atoms with Gasteiger partial charge in [0.1, 0.15) is 0 Å². The first kappa shape index (κ1) is 21.9. The molecular weight excluding hydrogens is 378 g/mol. The van der Waals surface area contributed by atoms with Gasteiger partial charge in [-0.1, -0.05) is 18.2 Å². The molecule has 148 valence electrons. The minimum Gasteiger partial charge on any atom is -0.400 e. The quantitative estimate of drug-likeness (QED) is 0.585. The molecule has 0 bridgehead atoms. The molecule has 1 fully saturated rings. The highest BCUT2D eigenvalue weighted by Crippen LogP contribution is 2.39. The number of nitrogens with one attached hydrogen (secondary N) is 1. The van der Waals surface area contributed by atoms with Gasteiger partial charge in [0.05, 0.1) is 11.2 Å². The number of hydrogen-bond donors (Lipinski definition) is 1. The lowest BCUT2D eigenvalue weighted by atomic mass is 9.77. The Morgan fingerprint density at radius 3 is 2.33 bits per heavy atom. The van der Waals surface area contributed by atoms with Gasteiger partial charge in [-0.25, -0.2) is 0 Å². The van der Waals surface area contributed by atoms with Gasteiger partial charge in [-0.15, -0.1) is 0 Å². The van der Waals surface area contributed by atoms with Crippen LogP contribution in [0.5, 0.6) is 0 Å². The SMILES string of the molecule is CC(=O)NCC(=Cc1cccc(SC(F)(F)F)c1)B1OC(C)(C)C(C)(C)O1.